The summed E-state index contributed by atoms with van der Waals surface area (Å²) in [4.78, 5) is 29.4. The van der Waals surface area contributed by atoms with Crippen LogP contribution in [-0.4, -0.2) is 23.3 Å². The van der Waals surface area contributed by atoms with Gasteiger partial charge in [0.15, 0.2) is 5.13 Å². The van der Waals surface area contributed by atoms with Crippen molar-refractivity contribution in [2.24, 2.45) is 0 Å². The molecular formula is C16H15N3O3S2. The second-order valence-corrected chi connectivity index (χ2v) is 6.88. The summed E-state index contributed by atoms with van der Waals surface area (Å²) in [5.41, 5.74) is 1.27. The third kappa shape index (κ3) is 3.72. The molecule has 0 saturated carbocycles. The molecule has 0 radical (unpaired) electrons. The molecule has 0 spiro atoms. The van der Waals surface area contributed by atoms with Crippen LogP contribution < -0.4 is 10.6 Å². The van der Waals surface area contributed by atoms with Crippen molar-refractivity contribution in [3.8, 4) is 10.6 Å². The number of carbonyl (C=O) groups is 2. The molecular weight excluding hydrogens is 346 g/mol. The summed E-state index contributed by atoms with van der Waals surface area (Å²) in [6.07, 6.45) is 0. The molecule has 24 heavy (non-hydrogen) atoms. The van der Waals surface area contributed by atoms with Gasteiger partial charge >= 0.3 is 0 Å². The predicted octanol–water partition coefficient (Wildman–Crippen LogP) is 3.45. The number of thiophene rings is 1. The van der Waals surface area contributed by atoms with Crippen molar-refractivity contribution in [3.63, 3.8) is 0 Å². The van der Waals surface area contributed by atoms with E-state index in [1.165, 1.54) is 11.3 Å². The van der Waals surface area contributed by atoms with E-state index in [-0.39, 0.29) is 18.4 Å². The molecule has 0 aromatic carbocycles. The Hall–Kier alpha value is -2.45. The first-order chi connectivity index (χ1) is 11.5. The molecule has 0 aliphatic heterocycles. The standard InChI is InChI=1S/C16H15N3O3S2/c1-9-6-11(10(2)22-9)15(21)17-7-14(20)19-16-18-12(8-24-16)13-4-3-5-23-13/h3-6,8H,7H2,1-2H3,(H,17,21)(H,18,19,20). The molecule has 8 heteroatoms. The number of anilines is 1. The molecule has 3 heterocycles. The Labute approximate surface area is 146 Å². The summed E-state index contributed by atoms with van der Waals surface area (Å²) in [5, 5.41) is 9.63. The number of thiazole rings is 1. The second kappa shape index (κ2) is 6.98. The third-order valence-corrected chi connectivity index (χ3v) is 4.87. The van der Waals surface area contributed by atoms with Gasteiger partial charge in [0.1, 0.15) is 11.5 Å². The Morgan fingerprint density at radius 3 is 2.79 bits per heavy atom. The molecule has 124 valence electrons. The quantitative estimate of drug-likeness (QED) is 0.729. The lowest BCUT2D eigenvalue weighted by atomic mass is 10.2. The fraction of sp³-hybridized carbons (Fsp3) is 0.188. The number of nitrogens with one attached hydrogen (secondary N) is 2. The van der Waals surface area contributed by atoms with E-state index in [4.69, 9.17) is 4.42 Å². The maximum absolute atomic E-state index is 12.0. The molecule has 0 fully saturated rings. The minimum Gasteiger partial charge on any atom is -0.466 e. The fourth-order valence-corrected chi connectivity index (χ4v) is 3.63. The zero-order valence-corrected chi connectivity index (χ0v) is 14.7. The Bertz CT molecular complexity index is 865. The molecule has 6 nitrogen and oxygen atoms in total. The van der Waals surface area contributed by atoms with E-state index in [1.807, 2.05) is 22.9 Å². The number of hydrogen-bond acceptors (Lipinski definition) is 6. The first-order valence-corrected chi connectivity index (χ1v) is 8.93. The number of amides is 2. The fourth-order valence-electron chi connectivity index (χ4n) is 2.14. The summed E-state index contributed by atoms with van der Waals surface area (Å²) < 4.78 is 5.31. The van der Waals surface area contributed by atoms with Crippen LogP contribution in [-0.2, 0) is 4.79 Å². The smallest absolute Gasteiger partial charge is 0.255 e. The van der Waals surface area contributed by atoms with Crippen LogP contribution in [0.2, 0.25) is 0 Å². The highest BCUT2D eigenvalue weighted by Gasteiger charge is 2.15. The van der Waals surface area contributed by atoms with Gasteiger partial charge in [-0.15, -0.1) is 22.7 Å². The van der Waals surface area contributed by atoms with Crippen LogP contribution in [0.5, 0.6) is 0 Å². The maximum atomic E-state index is 12.0. The van der Waals surface area contributed by atoms with Crippen LogP contribution in [0.4, 0.5) is 5.13 Å². The number of aromatic nitrogens is 1. The Balaban J connectivity index is 1.54. The summed E-state index contributed by atoms with van der Waals surface area (Å²) >= 11 is 2.94. The molecule has 2 N–H and O–H groups in total. The van der Waals surface area contributed by atoms with Gasteiger partial charge in [0.2, 0.25) is 5.91 Å². The van der Waals surface area contributed by atoms with E-state index in [1.54, 1.807) is 31.3 Å². The first kappa shape index (κ1) is 16.4. The van der Waals surface area contributed by atoms with Crippen molar-refractivity contribution >= 4 is 39.6 Å². The van der Waals surface area contributed by atoms with Gasteiger partial charge in [-0.25, -0.2) is 4.98 Å². The summed E-state index contributed by atoms with van der Waals surface area (Å²) in [6.45, 7) is 3.35. The lowest BCUT2D eigenvalue weighted by molar-refractivity contribution is -0.115. The Morgan fingerprint density at radius 1 is 1.29 bits per heavy atom. The highest BCUT2D eigenvalue weighted by molar-refractivity contribution is 7.16. The van der Waals surface area contributed by atoms with E-state index in [9.17, 15) is 9.59 Å². The molecule has 0 unspecified atom stereocenters. The number of rotatable bonds is 5. The molecule has 2 amide bonds. The van der Waals surface area contributed by atoms with Gasteiger partial charge in [0.05, 0.1) is 22.7 Å². The molecule has 0 saturated heterocycles. The Morgan fingerprint density at radius 2 is 2.12 bits per heavy atom. The van der Waals surface area contributed by atoms with Crippen molar-refractivity contribution < 1.29 is 14.0 Å². The van der Waals surface area contributed by atoms with Crippen LogP contribution in [0.1, 0.15) is 21.9 Å². The summed E-state index contributed by atoms with van der Waals surface area (Å²) in [5.74, 6) is 0.531. The van der Waals surface area contributed by atoms with Crippen LogP contribution >= 0.6 is 22.7 Å². The second-order valence-electron chi connectivity index (χ2n) is 5.07. The van der Waals surface area contributed by atoms with Crippen LogP contribution in [0.15, 0.2) is 33.4 Å². The number of aryl methyl sites for hydroxylation is 2. The van der Waals surface area contributed by atoms with E-state index in [2.05, 4.69) is 15.6 Å². The molecule has 3 aromatic heterocycles. The van der Waals surface area contributed by atoms with Crippen molar-refractivity contribution in [2.45, 2.75) is 13.8 Å². The minimum absolute atomic E-state index is 0.129. The van der Waals surface area contributed by atoms with Crippen molar-refractivity contribution in [3.05, 3.63) is 46.0 Å². The van der Waals surface area contributed by atoms with Crippen LogP contribution in [0.25, 0.3) is 10.6 Å². The van der Waals surface area contributed by atoms with Gasteiger partial charge < -0.3 is 15.1 Å². The zero-order valence-electron chi connectivity index (χ0n) is 13.1. The summed E-state index contributed by atoms with van der Waals surface area (Å²) in [6, 6.07) is 5.57. The molecule has 0 aliphatic rings. The Kier molecular flexibility index (Phi) is 4.77. The van der Waals surface area contributed by atoms with Crippen molar-refractivity contribution in [2.75, 3.05) is 11.9 Å². The monoisotopic (exact) mass is 361 g/mol. The normalized spacial score (nSPS) is 10.6. The lowest BCUT2D eigenvalue weighted by Crippen LogP contribution is -2.32. The molecule has 3 rings (SSSR count). The van der Waals surface area contributed by atoms with Gasteiger partial charge in [0, 0.05) is 5.38 Å². The van der Waals surface area contributed by atoms with Gasteiger partial charge in [-0.1, -0.05) is 6.07 Å². The first-order valence-electron chi connectivity index (χ1n) is 7.17. The van der Waals surface area contributed by atoms with E-state index >= 15 is 0 Å². The van der Waals surface area contributed by atoms with Gasteiger partial charge in [0.25, 0.3) is 5.91 Å². The third-order valence-electron chi connectivity index (χ3n) is 3.22. The average Bonchev–Trinajstić information content (AvgIpc) is 3.25. The highest BCUT2D eigenvalue weighted by atomic mass is 32.1. The number of furan rings is 1. The molecule has 0 bridgehead atoms. The SMILES string of the molecule is Cc1cc(C(=O)NCC(=O)Nc2nc(-c3cccs3)cs2)c(C)o1. The van der Waals surface area contributed by atoms with Crippen LogP contribution in [0.3, 0.4) is 0 Å². The number of carbonyl (C=O) groups excluding carboxylic acids is 2. The minimum atomic E-state index is -0.335. The van der Waals surface area contributed by atoms with E-state index in [0.29, 0.717) is 22.2 Å². The van der Waals surface area contributed by atoms with E-state index in [0.717, 1.165) is 10.6 Å². The zero-order chi connectivity index (χ0) is 17.1. The van der Waals surface area contributed by atoms with Gasteiger partial charge in [-0.2, -0.15) is 0 Å². The molecule has 3 aromatic rings. The van der Waals surface area contributed by atoms with Crippen molar-refractivity contribution in [1.82, 2.24) is 10.3 Å². The predicted molar refractivity (Wildman–Crippen MR) is 94.6 cm³/mol. The maximum Gasteiger partial charge on any atom is 0.255 e. The van der Waals surface area contributed by atoms with Gasteiger partial charge in [-0.05, 0) is 31.4 Å². The topological polar surface area (TPSA) is 84.2 Å². The summed E-state index contributed by atoms with van der Waals surface area (Å²) in [7, 11) is 0. The number of hydrogen-bond donors (Lipinski definition) is 2. The molecule has 0 atom stereocenters. The largest absolute Gasteiger partial charge is 0.466 e. The van der Waals surface area contributed by atoms with Gasteiger partial charge in [-0.3, -0.25) is 9.59 Å². The molecule has 0 aliphatic carbocycles. The van der Waals surface area contributed by atoms with E-state index < -0.39 is 0 Å². The lowest BCUT2D eigenvalue weighted by Gasteiger charge is -2.04. The highest BCUT2D eigenvalue weighted by Crippen LogP contribution is 2.28. The number of nitrogens with zero attached hydrogens (tertiary/aromatic N) is 1. The van der Waals surface area contributed by atoms with Crippen LogP contribution in [0, 0.1) is 13.8 Å². The van der Waals surface area contributed by atoms with Crippen molar-refractivity contribution in [1.29, 1.82) is 0 Å². The average molecular weight is 361 g/mol.